The molecule has 0 bridgehead atoms. The second-order valence-corrected chi connectivity index (χ2v) is 20.3. The van der Waals surface area contributed by atoms with E-state index in [1.54, 1.807) is 0 Å². The molecule has 13 rings (SSSR count). The Hall–Kier alpha value is -8.12. The lowest BCUT2D eigenvalue weighted by Crippen LogP contribution is -2.74. The molecule has 0 atom stereocenters. The minimum atomic E-state index is -3.08. The summed E-state index contributed by atoms with van der Waals surface area (Å²) in [6, 6.07) is 80.1. The summed E-state index contributed by atoms with van der Waals surface area (Å²) < 4.78 is 8.74. The van der Waals surface area contributed by atoms with Crippen LogP contribution in [-0.2, 0) is 0 Å². The highest BCUT2D eigenvalue weighted by Crippen LogP contribution is 2.47. The van der Waals surface area contributed by atoms with Gasteiger partial charge in [-0.15, -0.1) is 0 Å². The monoisotopic (exact) mass is 819 g/mol. The van der Waals surface area contributed by atoms with E-state index >= 15 is 0 Å². The van der Waals surface area contributed by atoms with E-state index in [1.165, 1.54) is 76.0 Å². The third kappa shape index (κ3) is 5.27. The molecular formula is C58H37N3OSi. The summed E-state index contributed by atoms with van der Waals surface area (Å²) in [4.78, 5) is 10.3. The number of para-hydroxylation sites is 2. The molecule has 0 amide bonds. The highest BCUT2D eigenvalue weighted by molar-refractivity contribution is 7.20. The summed E-state index contributed by atoms with van der Waals surface area (Å²) >= 11 is 0. The fourth-order valence-corrected chi connectivity index (χ4v) is 15.3. The van der Waals surface area contributed by atoms with Crippen molar-refractivity contribution in [1.82, 2.24) is 14.5 Å². The lowest BCUT2D eigenvalue weighted by Gasteiger charge is -2.35. The first kappa shape index (κ1) is 35.6. The van der Waals surface area contributed by atoms with Crippen molar-refractivity contribution in [2.24, 2.45) is 0 Å². The largest absolute Gasteiger partial charge is 0.453 e. The van der Waals surface area contributed by atoms with Crippen LogP contribution in [0.25, 0.3) is 94.3 Å². The van der Waals surface area contributed by atoms with E-state index in [-0.39, 0.29) is 0 Å². The van der Waals surface area contributed by atoms with Crippen molar-refractivity contribution in [3.63, 3.8) is 0 Å². The summed E-state index contributed by atoms with van der Waals surface area (Å²) in [5, 5.41) is 8.46. The molecule has 0 unspecified atom stereocenters. The topological polar surface area (TPSA) is 43.9 Å². The van der Waals surface area contributed by atoms with Crippen molar-refractivity contribution in [3.05, 3.63) is 225 Å². The molecule has 1 aliphatic rings. The molecule has 3 heterocycles. The smallest absolute Gasteiger partial charge is 0.235 e. The van der Waals surface area contributed by atoms with Gasteiger partial charge in [-0.3, -0.25) is 4.57 Å². The molecule has 12 aromatic rings. The number of rotatable bonds is 5. The molecule has 0 N–H and O–H groups in total. The van der Waals surface area contributed by atoms with E-state index in [9.17, 15) is 0 Å². The molecular weight excluding hydrogens is 783 g/mol. The number of hydrogen-bond acceptors (Lipinski definition) is 3. The van der Waals surface area contributed by atoms with E-state index in [4.69, 9.17) is 14.4 Å². The molecule has 63 heavy (non-hydrogen) atoms. The Morgan fingerprint density at radius 2 is 0.794 bits per heavy atom. The third-order valence-corrected chi connectivity index (χ3v) is 18.0. The van der Waals surface area contributed by atoms with Gasteiger partial charge in [0.15, 0.2) is 13.7 Å². The van der Waals surface area contributed by atoms with Crippen LogP contribution in [0.15, 0.2) is 229 Å². The van der Waals surface area contributed by atoms with Crippen molar-refractivity contribution in [2.75, 3.05) is 0 Å². The Kier molecular flexibility index (Phi) is 7.89. The third-order valence-electron chi connectivity index (χ3n) is 13.2. The van der Waals surface area contributed by atoms with Crippen molar-refractivity contribution in [3.8, 4) is 50.5 Å². The van der Waals surface area contributed by atoms with Gasteiger partial charge in [0.25, 0.3) is 0 Å². The molecule has 1 aliphatic carbocycles. The van der Waals surface area contributed by atoms with Crippen molar-refractivity contribution >= 4 is 72.7 Å². The molecule has 294 valence electrons. The van der Waals surface area contributed by atoms with Crippen LogP contribution in [0.3, 0.4) is 0 Å². The Balaban J connectivity index is 1.10. The van der Waals surface area contributed by atoms with Gasteiger partial charge in [-0.05, 0) is 89.5 Å². The normalized spacial score (nSPS) is 12.1. The number of aromatic nitrogens is 3. The number of furan rings is 1. The van der Waals surface area contributed by atoms with E-state index < -0.39 is 8.07 Å². The lowest BCUT2D eigenvalue weighted by molar-refractivity contribution is 0.665. The zero-order valence-corrected chi connectivity index (χ0v) is 35.1. The number of hydrogen-bond donors (Lipinski definition) is 0. The second-order valence-electron chi connectivity index (χ2n) is 16.4. The Bertz CT molecular complexity index is 3660. The van der Waals surface area contributed by atoms with E-state index in [2.05, 4.69) is 223 Å². The summed E-state index contributed by atoms with van der Waals surface area (Å²) in [7, 11) is -3.08. The average Bonchev–Trinajstić information content (AvgIpc) is 3.90. The summed E-state index contributed by atoms with van der Waals surface area (Å²) in [6.45, 7) is 0. The predicted molar refractivity (Wildman–Crippen MR) is 263 cm³/mol. The van der Waals surface area contributed by atoms with Gasteiger partial charge in [-0.1, -0.05) is 194 Å². The molecule has 0 fully saturated rings. The molecule has 0 aliphatic heterocycles. The fourth-order valence-electron chi connectivity index (χ4n) is 10.5. The first-order chi connectivity index (χ1) is 31.3. The molecule has 5 heteroatoms. The number of benzene rings is 9. The molecule has 0 spiro atoms. The highest BCUT2D eigenvalue weighted by atomic mass is 28.3. The first-order valence-electron chi connectivity index (χ1n) is 21.5. The van der Waals surface area contributed by atoms with Gasteiger partial charge in [0.05, 0.1) is 17.2 Å². The maximum Gasteiger partial charge on any atom is 0.235 e. The van der Waals surface area contributed by atoms with Gasteiger partial charge in [0.1, 0.15) is 11.1 Å². The average molecular weight is 820 g/mol. The Labute approximate surface area is 365 Å². The van der Waals surface area contributed by atoms with Crippen molar-refractivity contribution in [1.29, 1.82) is 0 Å². The highest BCUT2D eigenvalue weighted by Gasteiger charge is 2.42. The van der Waals surface area contributed by atoms with Crippen LogP contribution in [-0.4, -0.2) is 22.6 Å². The summed E-state index contributed by atoms with van der Waals surface area (Å²) in [5.74, 6) is 0.616. The van der Waals surface area contributed by atoms with Crippen LogP contribution >= 0.6 is 0 Å². The maximum absolute atomic E-state index is 6.57. The number of nitrogens with zero attached hydrogens (tertiary/aromatic N) is 3. The fraction of sp³-hybridized carbons (Fsp3) is 0. The Morgan fingerprint density at radius 1 is 0.349 bits per heavy atom. The van der Waals surface area contributed by atoms with Crippen LogP contribution in [0.2, 0.25) is 0 Å². The van der Waals surface area contributed by atoms with Crippen LogP contribution in [0, 0.1) is 0 Å². The van der Waals surface area contributed by atoms with Gasteiger partial charge in [-0.25, -0.2) is 9.97 Å². The first-order valence-corrected chi connectivity index (χ1v) is 23.5. The van der Waals surface area contributed by atoms with Crippen LogP contribution in [0.5, 0.6) is 0 Å². The van der Waals surface area contributed by atoms with E-state index in [1.807, 2.05) is 6.20 Å². The Morgan fingerprint density at radius 3 is 1.35 bits per heavy atom. The quantitative estimate of drug-likeness (QED) is 0.128. The maximum atomic E-state index is 6.57. The van der Waals surface area contributed by atoms with Crippen molar-refractivity contribution < 1.29 is 4.42 Å². The minimum Gasteiger partial charge on any atom is -0.453 e. The molecule has 0 radical (unpaired) electrons. The second kappa shape index (κ2) is 14.0. The van der Waals surface area contributed by atoms with Gasteiger partial charge < -0.3 is 4.42 Å². The standard InChI is InChI=1S/C58H37N3OSi/c1-3-17-38(18-4-1)63(39-19-5-2-6-20-39,40-31-33-48-46-25-10-9-23-44(46)42-21-7-8-22-43(42)45-24-11-12-26-47(45)51(48)35-40)41-32-34-55-52(36-41)57-56(62-55)37-59-58(60-57)61-53-29-15-13-27-49(53)50-28-14-16-30-54(50)61/h1-37H. The van der Waals surface area contributed by atoms with E-state index in [0.29, 0.717) is 11.5 Å². The van der Waals surface area contributed by atoms with E-state index in [0.717, 1.165) is 27.5 Å². The zero-order chi connectivity index (χ0) is 41.5. The van der Waals surface area contributed by atoms with Crippen molar-refractivity contribution in [2.45, 2.75) is 0 Å². The number of fused-ring (bicyclic) bond motifs is 14. The zero-order valence-electron chi connectivity index (χ0n) is 34.1. The summed E-state index contributed by atoms with van der Waals surface area (Å²) in [5.41, 5.74) is 14.3. The SMILES string of the molecule is c1ccc([Si](c2ccccc2)(c2ccc3c(c2)-c2ccccc2-c2ccccc2-c2ccccc2-3)c2ccc3oc4cnc(-n5c6ccccc6c6ccccc65)nc4c3c2)cc1. The van der Waals surface area contributed by atoms with Crippen LogP contribution < -0.4 is 20.7 Å². The lowest BCUT2D eigenvalue weighted by atomic mass is 9.81. The van der Waals surface area contributed by atoms with Gasteiger partial charge >= 0.3 is 0 Å². The molecule has 4 nitrogen and oxygen atoms in total. The molecule has 9 aromatic carbocycles. The van der Waals surface area contributed by atoms with Gasteiger partial charge in [-0.2, -0.15) is 0 Å². The van der Waals surface area contributed by atoms with Crippen LogP contribution in [0.4, 0.5) is 0 Å². The van der Waals surface area contributed by atoms with Crippen LogP contribution in [0.1, 0.15) is 0 Å². The predicted octanol–water partition coefficient (Wildman–Crippen LogP) is 11.8. The molecule has 0 saturated carbocycles. The summed E-state index contributed by atoms with van der Waals surface area (Å²) in [6.07, 6.45) is 1.84. The molecule has 3 aromatic heterocycles. The van der Waals surface area contributed by atoms with Gasteiger partial charge in [0.2, 0.25) is 5.95 Å². The minimum absolute atomic E-state index is 0.616. The molecule has 0 saturated heterocycles. The van der Waals surface area contributed by atoms with Gasteiger partial charge in [0, 0.05) is 16.2 Å².